The summed E-state index contributed by atoms with van der Waals surface area (Å²) in [6.07, 6.45) is 1.55. The average Bonchev–Trinajstić information content (AvgIpc) is 3.06. The van der Waals surface area contributed by atoms with Gasteiger partial charge in [0.15, 0.2) is 0 Å². The molecule has 2 aromatic heterocycles. The SMILES string of the molecule is Cc1cc(-c2csc3ncn(Cc4ccccc4Cl)c(=O)c23)ccc1F. The molecule has 3 nitrogen and oxygen atoms in total. The number of rotatable bonds is 3. The highest BCUT2D eigenvalue weighted by atomic mass is 35.5. The van der Waals surface area contributed by atoms with E-state index < -0.39 is 0 Å². The van der Waals surface area contributed by atoms with Crippen molar-refractivity contribution in [3.05, 3.63) is 86.5 Å². The number of fused-ring (bicyclic) bond motifs is 1. The number of thiophene rings is 1. The molecule has 4 rings (SSSR count). The largest absolute Gasteiger partial charge is 0.294 e. The molecule has 0 spiro atoms. The third-order valence-electron chi connectivity index (χ3n) is 4.33. The predicted octanol–water partition coefficient (Wildman–Crippen LogP) is 5.27. The zero-order valence-electron chi connectivity index (χ0n) is 13.9. The normalized spacial score (nSPS) is 11.2. The van der Waals surface area contributed by atoms with E-state index in [2.05, 4.69) is 4.98 Å². The molecular formula is C20H14ClFN2OS. The van der Waals surface area contributed by atoms with Gasteiger partial charge in [-0.25, -0.2) is 9.37 Å². The first-order valence-electron chi connectivity index (χ1n) is 8.01. The maximum absolute atomic E-state index is 13.6. The lowest BCUT2D eigenvalue weighted by Crippen LogP contribution is -2.21. The van der Waals surface area contributed by atoms with E-state index in [1.807, 2.05) is 23.6 Å². The molecule has 0 unspecified atom stereocenters. The van der Waals surface area contributed by atoms with Crippen molar-refractivity contribution in [1.82, 2.24) is 9.55 Å². The Morgan fingerprint density at radius 1 is 1.23 bits per heavy atom. The number of halogens is 2. The third kappa shape index (κ3) is 2.93. The molecule has 130 valence electrons. The van der Waals surface area contributed by atoms with Crippen LogP contribution in [0.25, 0.3) is 21.3 Å². The molecule has 0 aliphatic heterocycles. The van der Waals surface area contributed by atoms with Crippen LogP contribution in [0.1, 0.15) is 11.1 Å². The molecule has 0 amide bonds. The number of benzene rings is 2. The van der Waals surface area contributed by atoms with Crippen molar-refractivity contribution in [2.45, 2.75) is 13.5 Å². The van der Waals surface area contributed by atoms with Gasteiger partial charge in [-0.1, -0.05) is 35.9 Å². The highest BCUT2D eigenvalue weighted by molar-refractivity contribution is 7.17. The number of nitrogens with zero attached hydrogens (tertiary/aromatic N) is 2. The summed E-state index contributed by atoms with van der Waals surface area (Å²) in [7, 11) is 0. The van der Waals surface area contributed by atoms with E-state index in [1.54, 1.807) is 36.0 Å². The fourth-order valence-corrected chi connectivity index (χ4v) is 4.02. The Hall–Kier alpha value is -2.50. The molecule has 0 saturated carbocycles. The molecular weight excluding hydrogens is 371 g/mol. The van der Waals surface area contributed by atoms with Gasteiger partial charge >= 0.3 is 0 Å². The molecule has 0 atom stereocenters. The van der Waals surface area contributed by atoms with E-state index in [-0.39, 0.29) is 11.4 Å². The van der Waals surface area contributed by atoms with Crippen molar-refractivity contribution in [2.24, 2.45) is 0 Å². The van der Waals surface area contributed by atoms with E-state index in [4.69, 9.17) is 11.6 Å². The van der Waals surface area contributed by atoms with E-state index in [1.165, 1.54) is 17.4 Å². The van der Waals surface area contributed by atoms with Crippen molar-refractivity contribution >= 4 is 33.2 Å². The lowest BCUT2D eigenvalue weighted by atomic mass is 10.0. The lowest BCUT2D eigenvalue weighted by molar-refractivity contribution is 0.619. The van der Waals surface area contributed by atoms with Crippen molar-refractivity contribution in [3.63, 3.8) is 0 Å². The average molecular weight is 385 g/mol. The number of aryl methyl sites for hydroxylation is 1. The maximum atomic E-state index is 13.6. The number of hydrogen-bond acceptors (Lipinski definition) is 3. The molecule has 0 N–H and O–H groups in total. The van der Waals surface area contributed by atoms with Gasteiger partial charge in [-0.05, 0) is 41.8 Å². The van der Waals surface area contributed by atoms with E-state index in [0.29, 0.717) is 27.3 Å². The maximum Gasteiger partial charge on any atom is 0.263 e. The van der Waals surface area contributed by atoms with Crippen LogP contribution < -0.4 is 5.56 Å². The van der Waals surface area contributed by atoms with Crippen LogP contribution in [-0.2, 0) is 6.54 Å². The van der Waals surface area contributed by atoms with Crippen LogP contribution in [-0.4, -0.2) is 9.55 Å². The Morgan fingerprint density at radius 3 is 2.81 bits per heavy atom. The van der Waals surface area contributed by atoms with Crippen LogP contribution in [0, 0.1) is 12.7 Å². The molecule has 0 bridgehead atoms. The summed E-state index contributed by atoms with van der Waals surface area (Å²) in [4.78, 5) is 18.2. The molecule has 0 radical (unpaired) electrons. The van der Waals surface area contributed by atoms with Gasteiger partial charge in [-0.15, -0.1) is 11.3 Å². The van der Waals surface area contributed by atoms with Gasteiger partial charge in [0.1, 0.15) is 10.6 Å². The minimum Gasteiger partial charge on any atom is -0.294 e. The van der Waals surface area contributed by atoms with Gasteiger partial charge in [-0.3, -0.25) is 9.36 Å². The van der Waals surface area contributed by atoms with Crippen LogP contribution in [0.3, 0.4) is 0 Å². The fourth-order valence-electron chi connectivity index (χ4n) is 2.92. The van der Waals surface area contributed by atoms with E-state index in [0.717, 1.165) is 16.7 Å². The van der Waals surface area contributed by atoms with Crippen LogP contribution in [0.15, 0.2) is 59.0 Å². The fraction of sp³-hybridized carbons (Fsp3) is 0.100. The Morgan fingerprint density at radius 2 is 2.04 bits per heavy atom. The second kappa shape index (κ2) is 6.67. The summed E-state index contributed by atoms with van der Waals surface area (Å²) in [5.41, 5.74) is 2.85. The van der Waals surface area contributed by atoms with Crippen molar-refractivity contribution in [2.75, 3.05) is 0 Å². The lowest BCUT2D eigenvalue weighted by Gasteiger charge is -2.08. The molecule has 0 aliphatic rings. The van der Waals surface area contributed by atoms with Gasteiger partial charge < -0.3 is 0 Å². The second-order valence-corrected chi connectivity index (χ2v) is 7.33. The quantitative estimate of drug-likeness (QED) is 0.482. The molecule has 0 fully saturated rings. The Labute approximate surface area is 158 Å². The van der Waals surface area contributed by atoms with Crippen LogP contribution in [0.5, 0.6) is 0 Å². The van der Waals surface area contributed by atoms with Crippen molar-refractivity contribution < 1.29 is 4.39 Å². The molecule has 6 heteroatoms. The van der Waals surface area contributed by atoms with Gasteiger partial charge in [0.05, 0.1) is 18.3 Å². The first kappa shape index (κ1) is 16.9. The first-order valence-corrected chi connectivity index (χ1v) is 9.27. The van der Waals surface area contributed by atoms with Crippen LogP contribution >= 0.6 is 22.9 Å². The van der Waals surface area contributed by atoms with Crippen molar-refractivity contribution in [3.8, 4) is 11.1 Å². The smallest absolute Gasteiger partial charge is 0.263 e. The third-order valence-corrected chi connectivity index (χ3v) is 5.58. The van der Waals surface area contributed by atoms with Gasteiger partial charge in [0, 0.05) is 16.0 Å². The highest BCUT2D eigenvalue weighted by Gasteiger charge is 2.14. The highest BCUT2D eigenvalue weighted by Crippen LogP contribution is 2.31. The molecule has 2 heterocycles. The molecule has 0 saturated heterocycles. The minimum absolute atomic E-state index is 0.131. The Bertz CT molecular complexity index is 1180. The topological polar surface area (TPSA) is 34.9 Å². The number of hydrogen-bond donors (Lipinski definition) is 0. The zero-order chi connectivity index (χ0) is 18.3. The van der Waals surface area contributed by atoms with Crippen LogP contribution in [0.4, 0.5) is 4.39 Å². The summed E-state index contributed by atoms with van der Waals surface area (Å²) in [5, 5.41) is 3.06. The van der Waals surface area contributed by atoms with Crippen molar-refractivity contribution in [1.29, 1.82) is 0 Å². The van der Waals surface area contributed by atoms with Gasteiger partial charge in [-0.2, -0.15) is 0 Å². The summed E-state index contributed by atoms with van der Waals surface area (Å²) in [6, 6.07) is 12.3. The second-order valence-electron chi connectivity index (χ2n) is 6.06. The van der Waals surface area contributed by atoms with E-state index in [9.17, 15) is 9.18 Å². The number of aromatic nitrogens is 2. The van der Waals surface area contributed by atoms with Gasteiger partial charge in [0.25, 0.3) is 5.56 Å². The summed E-state index contributed by atoms with van der Waals surface area (Å²) in [5.74, 6) is -0.262. The minimum atomic E-state index is -0.262. The molecule has 0 aliphatic carbocycles. The zero-order valence-corrected chi connectivity index (χ0v) is 15.4. The summed E-state index contributed by atoms with van der Waals surface area (Å²) >= 11 is 7.62. The monoisotopic (exact) mass is 384 g/mol. The Balaban J connectivity index is 1.86. The molecule has 26 heavy (non-hydrogen) atoms. The molecule has 4 aromatic rings. The summed E-state index contributed by atoms with van der Waals surface area (Å²) < 4.78 is 15.1. The standard InChI is InChI=1S/C20H14ClFN2OS/c1-12-8-13(6-7-17(12)22)15-10-26-19-18(15)20(25)24(11-23-19)9-14-4-2-3-5-16(14)21/h2-8,10-11H,9H2,1H3. The Kier molecular flexibility index (Phi) is 4.34. The van der Waals surface area contributed by atoms with Crippen LogP contribution in [0.2, 0.25) is 5.02 Å². The van der Waals surface area contributed by atoms with E-state index >= 15 is 0 Å². The summed E-state index contributed by atoms with van der Waals surface area (Å²) in [6.45, 7) is 2.06. The predicted molar refractivity (Wildman–Crippen MR) is 105 cm³/mol. The first-order chi connectivity index (χ1) is 12.5. The van der Waals surface area contributed by atoms with Gasteiger partial charge in [0.2, 0.25) is 0 Å². The molecule has 2 aromatic carbocycles.